The molecule has 0 spiro atoms. The van der Waals surface area contributed by atoms with Gasteiger partial charge in [0.25, 0.3) is 11.1 Å². The van der Waals surface area contributed by atoms with E-state index in [1.807, 2.05) is 12.1 Å². The van der Waals surface area contributed by atoms with Gasteiger partial charge < -0.3 is 19.2 Å². The molecule has 0 atom stereocenters. The summed E-state index contributed by atoms with van der Waals surface area (Å²) in [6.07, 6.45) is 0. The zero-order chi connectivity index (χ0) is 19.2. The predicted octanol–water partition coefficient (Wildman–Crippen LogP) is 4.14. The van der Waals surface area contributed by atoms with Gasteiger partial charge in [0.1, 0.15) is 11.5 Å². The summed E-state index contributed by atoms with van der Waals surface area (Å²) in [4.78, 5) is 12.2. The van der Waals surface area contributed by atoms with Gasteiger partial charge in [-0.25, -0.2) is 0 Å². The summed E-state index contributed by atoms with van der Waals surface area (Å²) in [5.74, 6) is 1.30. The van der Waals surface area contributed by atoms with Gasteiger partial charge in [-0.15, -0.1) is 10.2 Å². The number of carbonyl (C=O) groups excluding carboxylic acids is 1. The van der Waals surface area contributed by atoms with Crippen molar-refractivity contribution in [3.63, 3.8) is 0 Å². The van der Waals surface area contributed by atoms with Crippen molar-refractivity contribution in [1.82, 2.24) is 10.2 Å². The van der Waals surface area contributed by atoms with Crippen molar-refractivity contribution in [1.29, 1.82) is 0 Å². The molecule has 140 valence electrons. The first kappa shape index (κ1) is 19.1. The van der Waals surface area contributed by atoms with Crippen LogP contribution < -0.4 is 14.8 Å². The van der Waals surface area contributed by atoms with E-state index in [9.17, 15) is 4.79 Å². The topological polar surface area (TPSA) is 86.5 Å². The summed E-state index contributed by atoms with van der Waals surface area (Å²) < 4.78 is 16.1. The molecule has 0 aliphatic heterocycles. The Morgan fingerprint density at radius 2 is 1.93 bits per heavy atom. The van der Waals surface area contributed by atoms with Gasteiger partial charge in [-0.1, -0.05) is 35.5 Å². The Balaban J connectivity index is 1.65. The van der Waals surface area contributed by atoms with Crippen LogP contribution in [0.2, 0.25) is 5.02 Å². The van der Waals surface area contributed by atoms with Gasteiger partial charge in [0.15, 0.2) is 0 Å². The zero-order valence-electron chi connectivity index (χ0n) is 14.6. The van der Waals surface area contributed by atoms with Crippen LogP contribution in [0.25, 0.3) is 11.5 Å². The lowest BCUT2D eigenvalue weighted by Crippen LogP contribution is -2.14. The van der Waals surface area contributed by atoms with E-state index in [1.54, 1.807) is 44.6 Å². The number of ether oxygens (including phenoxy) is 2. The summed E-state index contributed by atoms with van der Waals surface area (Å²) in [6, 6.07) is 12.3. The van der Waals surface area contributed by atoms with Crippen LogP contribution in [0.15, 0.2) is 52.1 Å². The van der Waals surface area contributed by atoms with Crippen molar-refractivity contribution in [3.8, 4) is 23.0 Å². The standard InChI is InChI=1S/C18H16ClN3O4S/c1-24-14-8-7-11(19)9-12(14)17-21-22-18(26-17)27-10-16(23)20-13-5-3-4-6-15(13)25-2/h3-9H,10H2,1-2H3,(H,20,23). The van der Waals surface area contributed by atoms with E-state index in [-0.39, 0.29) is 22.8 Å². The minimum Gasteiger partial charge on any atom is -0.496 e. The van der Waals surface area contributed by atoms with Gasteiger partial charge in [-0.05, 0) is 30.3 Å². The number of hydrogen-bond donors (Lipinski definition) is 1. The molecule has 2 aromatic carbocycles. The molecule has 3 aromatic rings. The number of anilines is 1. The molecule has 1 N–H and O–H groups in total. The number of para-hydroxylation sites is 2. The Kier molecular flexibility index (Phi) is 6.20. The molecule has 7 nitrogen and oxygen atoms in total. The first-order valence-electron chi connectivity index (χ1n) is 7.84. The third kappa shape index (κ3) is 4.72. The van der Waals surface area contributed by atoms with Crippen molar-refractivity contribution in [2.45, 2.75) is 5.22 Å². The van der Waals surface area contributed by atoms with E-state index in [1.165, 1.54) is 0 Å². The maximum absolute atomic E-state index is 12.2. The lowest BCUT2D eigenvalue weighted by molar-refractivity contribution is -0.113. The van der Waals surface area contributed by atoms with Crippen molar-refractivity contribution >= 4 is 35.0 Å². The Hall–Kier alpha value is -2.71. The lowest BCUT2D eigenvalue weighted by atomic mass is 10.2. The van der Waals surface area contributed by atoms with Crippen LogP contribution in [-0.4, -0.2) is 36.1 Å². The molecule has 0 unspecified atom stereocenters. The monoisotopic (exact) mass is 405 g/mol. The van der Waals surface area contributed by atoms with Gasteiger partial charge in [-0.3, -0.25) is 4.79 Å². The van der Waals surface area contributed by atoms with Crippen LogP contribution >= 0.6 is 23.4 Å². The molecule has 0 fully saturated rings. The van der Waals surface area contributed by atoms with Crippen LogP contribution in [0.3, 0.4) is 0 Å². The second-order valence-electron chi connectivity index (χ2n) is 5.25. The van der Waals surface area contributed by atoms with Crippen LogP contribution in [0.5, 0.6) is 11.5 Å². The predicted molar refractivity (Wildman–Crippen MR) is 104 cm³/mol. The van der Waals surface area contributed by atoms with E-state index in [4.69, 9.17) is 25.5 Å². The molecule has 0 radical (unpaired) electrons. The number of carbonyl (C=O) groups is 1. The first-order chi connectivity index (χ1) is 13.1. The Morgan fingerprint density at radius 1 is 1.15 bits per heavy atom. The van der Waals surface area contributed by atoms with Gasteiger partial charge in [-0.2, -0.15) is 0 Å². The van der Waals surface area contributed by atoms with Crippen molar-refractivity contribution in [3.05, 3.63) is 47.5 Å². The fraction of sp³-hybridized carbons (Fsp3) is 0.167. The molecule has 0 bridgehead atoms. The summed E-state index contributed by atoms with van der Waals surface area (Å²) in [5, 5.41) is 11.5. The number of rotatable bonds is 7. The second-order valence-corrected chi connectivity index (χ2v) is 6.62. The van der Waals surface area contributed by atoms with Gasteiger partial charge in [0.05, 0.1) is 31.2 Å². The number of halogens is 1. The fourth-order valence-corrected chi connectivity index (χ4v) is 3.02. The number of aromatic nitrogens is 2. The minimum atomic E-state index is -0.218. The van der Waals surface area contributed by atoms with E-state index >= 15 is 0 Å². The SMILES string of the molecule is COc1ccccc1NC(=O)CSc1nnc(-c2cc(Cl)ccc2OC)o1. The van der Waals surface area contributed by atoms with Crippen LogP contribution in [-0.2, 0) is 4.79 Å². The largest absolute Gasteiger partial charge is 0.496 e. The fourth-order valence-electron chi connectivity index (χ4n) is 2.29. The molecule has 0 saturated heterocycles. The molecule has 3 rings (SSSR count). The minimum absolute atomic E-state index is 0.104. The van der Waals surface area contributed by atoms with E-state index in [0.29, 0.717) is 27.8 Å². The molecular formula is C18H16ClN3O4S. The number of amides is 1. The number of methoxy groups -OCH3 is 2. The molecule has 1 heterocycles. The van der Waals surface area contributed by atoms with Crippen molar-refractivity contribution < 1.29 is 18.7 Å². The third-order valence-corrected chi connectivity index (χ3v) is 4.56. The van der Waals surface area contributed by atoms with Crippen molar-refractivity contribution in [2.75, 3.05) is 25.3 Å². The normalized spacial score (nSPS) is 10.5. The highest BCUT2D eigenvalue weighted by Crippen LogP contribution is 2.33. The summed E-state index contributed by atoms with van der Waals surface area (Å²) in [6.45, 7) is 0. The Morgan fingerprint density at radius 3 is 2.70 bits per heavy atom. The van der Waals surface area contributed by atoms with E-state index in [0.717, 1.165) is 11.8 Å². The lowest BCUT2D eigenvalue weighted by Gasteiger charge is -2.08. The quantitative estimate of drug-likeness (QED) is 0.591. The summed E-state index contributed by atoms with van der Waals surface area (Å²) >= 11 is 7.15. The molecule has 0 aliphatic rings. The van der Waals surface area contributed by atoms with E-state index in [2.05, 4.69) is 15.5 Å². The van der Waals surface area contributed by atoms with Gasteiger partial charge in [0.2, 0.25) is 5.91 Å². The highest BCUT2D eigenvalue weighted by molar-refractivity contribution is 7.99. The molecule has 1 amide bonds. The molecular weight excluding hydrogens is 390 g/mol. The van der Waals surface area contributed by atoms with Crippen LogP contribution in [0.4, 0.5) is 5.69 Å². The number of nitrogens with zero attached hydrogens (tertiary/aromatic N) is 2. The number of benzene rings is 2. The molecule has 0 aliphatic carbocycles. The molecule has 9 heteroatoms. The highest BCUT2D eigenvalue weighted by Gasteiger charge is 2.16. The molecule has 1 aromatic heterocycles. The molecule has 0 saturated carbocycles. The third-order valence-electron chi connectivity index (χ3n) is 3.51. The Labute approximate surface area is 165 Å². The van der Waals surface area contributed by atoms with Gasteiger partial charge in [0, 0.05) is 5.02 Å². The Bertz CT molecular complexity index is 948. The van der Waals surface area contributed by atoms with Crippen LogP contribution in [0, 0.1) is 0 Å². The first-order valence-corrected chi connectivity index (χ1v) is 9.20. The number of hydrogen-bond acceptors (Lipinski definition) is 7. The zero-order valence-corrected chi connectivity index (χ0v) is 16.1. The van der Waals surface area contributed by atoms with E-state index < -0.39 is 0 Å². The second kappa shape index (κ2) is 8.79. The van der Waals surface area contributed by atoms with Gasteiger partial charge >= 0.3 is 0 Å². The summed E-state index contributed by atoms with van der Waals surface area (Å²) in [5.41, 5.74) is 1.18. The smallest absolute Gasteiger partial charge is 0.277 e. The van der Waals surface area contributed by atoms with Crippen molar-refractivity contribution in [2.24, 2.45) is 0 Å². The average Bonchev–Trinajstić information content (AvgIpc) is 3.15. The summed E-state index contributed by atoms with van der Waals surface area (Å²) in [7, 11) is 3.09. The van der Waals surface area contributed by atoms with Crippen LogP contribution in [0.1, 0.15) is 0 Å². The maximum atomic E-state index is 12.2. The number of nitrogens with one attached hydrogen (secondary N) is 1. The molecule has 27 heavy (non-hydrogen) atoms. The average molecular weight is 406 g/mol. The number of thioether (sulfide) groups is 1. The highest BCUT2D eigenvalue weighted by atomic mass is 35.5. The maximum Gasteiger partial charge on any atom is 0.277 e.